The van der Waals surface area contributed by atoms with Crippen molar-refractivity contribution >= 4 is 37.5 Å². The number of rotatable bonds is 9. The van der Waals surface area contributed by atoms with Crippen molar-refractivity contribution in [3.8, 4) is 5.75 Å². The lowest BCUT2D eigenvalue weighted by Gasteiger charge is -2.26. The maximum atomic E-state index is 13.5. The number of nitrogens with one attached hydrogen (secondary N) is 1. The Hall–Kier alpha value is -2.84. The van der Waals surface area contributed by atoms with Crippen molar-refractivity contribution in [2.75, 3.05) is 18.0 Å². The summed E-state index contributed by atoms with van der Waals surface area (Å²) in [5.41, 5.74) is 2.28. The minimum Gasteiger partial charge on any atom is -0.497 e. The molecule has 1 amide bonds. The van der Waals surface area contributed by atoms with E-state index in [4.69, 9.17) is 4.74 Å². The summed E-state index contributed by atoms with van der Waals surface area (Å²) in [6.07, 6.45) is 0.654. The van der Waals surface area contributed by atoms with E-state index in [2.05, 4.69) is 21.2 Å². The van der Waals surface area contributed by atoms with Crippen LogP contribution in [-0.2, 0) is 14.8 Å². The van der Waals surface area contributed by atoms with E-state index in [-0.39, 0.29) is 17.5 Å². The summed E-state index contributed by atoms with van der Waals surface area (Å²) >= 11 is 3.37. The number of amides is 1. The third kappa shape index (κ3) is 6.15. The summed E-state index contributed by atoms with van der Waals surface area (Å²) in [5.74, 6) is 0.335. The SMILES string of the molecule is CC[C@H](NC(=O)CN(c1ccc(Br)cc1)S(=O)(=O)c1ccc(C)cc1)c1ccc(OC)cc1. The fourth-order valence-electron chi connectivity index (χ4n) is 3.39. The summed E-state index contributed by atoms with van der Waals surface area (Å²) in [7, 11) is -2.36. The van der Waals surface area contributed by atoms with E-state index in [0.29, 0.717) is 12.1 Å². The maximum Gasteiger partial charge on any atom is 0.264 e. The number of anilines is 1. The molecule has 1 N–H and O–H groups in total. The molecular weight excluding hydrogens is 504 g/mol. The summed E-state index contributed by atoms with van der Waals surface area (Å²) in [6, 6.07) is 20.6. The van der Waals surface area contributed by atoms with Gasteiger partial charge in [0.1, 0.15) is 12.3 Å². The number of sulfonamides is 1. The van der Waals surface area contributed by atoms with E-state index in [0.717, 1.165) is 25.7 Å². The van der Waals surface area contributed by atoms with Crippen LogP contribution in [0.25, 0.3) is 0 Å². The molecule has 0 aliphatic rings. The first-order chi connectivity index (χ1) is 15.7. The van der Waals surface area contributed by atoms with Gasteiger partial charge in [-0.1, -0.05) is 52.7 Å². The molecule has 3 aromatic carbocycles. The summed E-state index contributed by atoms with van der Waals surface area (Å²) < 4.78 is 34.1. The highest BCUT2D eigenvalue weighted by Gasteiger charge is 2.28. The van der Waals surface area contributed by atoms with Gasteiger partial charge in [-0.05, 0) is 67.4 Å². The molecule has 0 unspecified atom stereocenters. The molecule has 33 heavy (non-hydrogen) atoms. The molecule has 0 aliphatic heterocycles. The Bertz CT molecular complexity index is 1180. The Morgan fingerprint density at radius 2 is 1.61 bits per heavy atom. The number of ether oxygens (including phenoxy) is 1. The topological polar surface area (TPSA) is 75.7 Å². The molecule has 8 heteroatoms. The molecule has 0 heterocycles. The largest absolute Gasteiger partial charge is 0.497 e. The number of nitrogens with zero attached hydrogens (tertiary/aromatic N) is 1. The van der Waals surface area contributed by atoms with Crippen molar-refractivity contribution in [2.24, 2.45) is 0 Å². The molecule has 0 saturated carbocycles. The first kappa shape index (κ1) is 24.8. The number of hydrogen-bond acceptors (Lipinski definition) is 4. The number of carbonyl (C=O) groups excluding carboxylic acids is 1. The van der Waals surface area contributed by atoms with Gasteiger partial charge in [0.25, 0.3) is 10.0 Å². The van der Waals surface area contributed by atoms with Crippen molar-refractivity contribution in [1.29, 1.82) is 0 Å². The summed E-state index contributed by atoms with van der Waals surface area (Å²) in [4.78, 5) is 13.2. The minimum atomic E-state index is -3.95. The number of carbonyl (C=O) groups is 1. The Morgan fingerprint density at radius 3 is 2.15 bits per heavy atom. The van der Waals surface area contributed by atoms with Gasteiger partial charge in [0.2, 0.25) is 5.91 Å². The number of hydrogen-bond donors (Lipinski definition) is 1. The van der Waals surface area contributed by atoms with Crippen molar-refractivity contribution in [3.05, 3.63) is 88.4 Å². The average molecular weight is 531 g/mol. The number of halogens is 1. The highest BCUT2D eigenvalue weighted by atomic mass is 79.9. The zero-order valence-electron chi connectivity index (χ0n) is 18.8. The lowest BCUT2D eigenvalue weighted by atomic mass is 10.0. The van der Waals surface area contributed by atoms with Crippen molar-refractivity contribution in [3.63, 3.8) is 0 Å². The van der Waals surface area contributed by atoms with E-state index in [1.54, 1.807) is 55.6 Å². The predicted molar refractivity (Wildman–Crippen MR) is 134 cm³/mol. The standard InChI is InChI=1S/C25H27BrN2O4S/c1-4-24(19-7-13-22(32-3)14-8-19)27-25(29)17-28(21-11-9-20(26)10-12-21)33(30,31)23-15-5-18(2)6-16-23/h5-16,24H,4,17H2,1-3H3,(H,27,29)/t24-/m0/s1. The van der Waals surface area contributed by atoms with Crippen molar-refractivity contribution < 1.29 is 17.9 Å². The molecule has 0 radical (unpaired) electrons. The van der Waals surface area contributed by atoms with Crippen LogP contribution in [0.5, 0.6) is 5.75 Å². The third-order valence-corrected chi connectivity index (χ3v) is 7.59. The number of methoxy groups -OCH3 is 1. The molecule has 0 bridgehead atoms. The van der Waals surface area contributed by atoms with Crippen LogP contribution in [0.4, 0.5) is 5.69 Å². The Morgan fingerprint density at radius 1 is 1.00 bits per heavy atom. The van der Waals surface area contributed by atoms with Crippen LogP contribution in [0.3, 0.4) is 0 Å². The average Bonchev–Trinajstić information content (AvgIpc) is 2.82. The fourth-order valence-corrected chi connectivity index (χ4v) is 5.07. The van der Waals surface area contributed by atoms with Crippen LogP contribution in [0, 0.1) is 6.92 Å². The Labute approximate surface area is 203 Å². The monoisotopic (exact) mass is 530 g/mol. The smallest absolute Gasteiger partial charge is 0.264 e. The molecule has 0 aliphatic carbocycles. The summed E-state index contributed by atoms with van der Waals surface area (Å²) in [5, 5.41) is 2.97. The van der Waals surface area contributed by atoms with Gasteiger partial charge in [-0.25, -0.2) is 8.42 Å². The molecule has 0 aromatic heterocycles. The van der Waals surface area contributed by atoms with Crippen LogP contribution < -0.4 is 14.4 Å². The normalized spacial score (nSPS) is 12.1. The lowest BCUT2D eigenvalue weighted by Crippen LogP contribution is -2.42. The van der Waals surface area contributed by atoms with Gasteiger partial charge in [0, 0.05) is 4.47 Å². The van der Waals surface area contributed by atoms with Gasteiger partial charge in [0.15, 0.2) is 0 Å². The predicted octanol–water partition coefficient (Wildman–Crippen LogP) is 5.23. The molecule has 3 aromatic rings. The zero-order valence-corrected chi connectivity index (χ0v) is 21.2. The van der Waals surface area contributed by atoms with E-state index in [1.807, 2.05) is 38.1 Å². The van der Waals surface area contributed by atoms with Gasteiger partial charge in [0.05, 0.1) is 23.7 Å². The fraction of sp³-hybridized carbons (Fsp3) is 0.240. The van der Waals surface area contributed by atoms with Gasteiger partial charge in [-0.15, -0.1) is 0 Å². The van der Waals surface area contributed by atoms with Gasteiger partial charge in [-0.3, -0.25) is 9.10 Å². The summed E-state index contributed by atoms with van der Waals surface area (Å²) in [6.45, 7) is 3.51. The second kappa shape index (κ2) is 10.9. The van der Waals surface area contributed by atoms with Gasteiger partial charge in [-0.2, -0.15) is 0 Å². The first-order valence-electron chi connectivity index (χ1n) is 10.5. The Balaban J connectivity index is 1.88. The van der Waals surface area contributed by atoms with Crippen molar-refractivity contribution in [1.82, 2.24) is 5.32 Å². The molecule has 3 rings (SSSR count). The highest BCUT2D eigenvalue weighted by Crippen LogP contribution is 2.26. The zero-order chi connectivity index (χ0) is 24.0. The lowest BCUT2D eigenvalue weighted by molar-refractivity contribution is -0.120. The van der Waals surface area contributed by atoms with Crippen LogP contribution >= 0.6 is 15.9 Å². The molecule has 0 spiro atoms. The van der Waals surface area contributed by atoms with Gasteiger partial charge < -0.3 is 10.1 Å². The van der Waals surface area contributed by atoms with Crippen molar-refractivity contribution in [2.45, 2.75) is 31.2 Å². The number of benzene rings is 3. The maximum absolute atomic E-state index is 13.5. The quantitative estimate of drug-likeness (QED) is 0.411. The molecule has 174 valence electrons. The molecular formula is C25H27BrN2O4S. The second-order valence-corrected chi connectivity index (χ2v) is 10.4. The van der Waals surface area contributed by atoms with Crippen LogP contribution in [0.1, 0.15) is 30.5 Å². The first-order valence-corrected chi connectivity index (χ1v) is 12.8. The van der Waals surface area contributed by atoms with Crippen LogP contribution in [0.15, 0.2) is 82.2 Å². The minimum absolute atomic E-state index is 0.131. The molecule has 0 saturated heterocycles. The Kier molecular flexibility index (Phi) is 8.15. The molecule has 1 atom stereocenters. The molecule has 6 nitrogen and oxygen atoms in total. The van der Waals surface area contributed by atoms with E-state index in [1.165, 1.54) is 0 Å². The van der Waals surface area contributed by atoms with E-state index in [9.17, 15) is 13.2 Å². The highest BCUT2D eigenvalue weighted by molar-refractivity contribution is 9.10. The van der Waals surface area contributed by atoms with Crippen LogP contribution in [-0.4, -0.2) is 28.0 Å². The van der Waals surface area contributed by atoms with E-state index >= 15 is 0 Å². The van der Waals surface area contributed by atoms with Crippen LogP contribution in [0.2, 0.25) is 0 Å². The van der Waals surface area contributed by atoms with E-state index < -0.39 is 15.9 Å². The second-order valence-electron chi connectivity index (χ2n) is 7.60. The number of aryl methyl sites for hydroxylation is 1. The van der Waals surface area contributed by atoms with Gasteiger partial charge >= 0.3 is 0 Å². The third-order valence-electron chi connectivity index (χ3n) is 5.27. The molecule has 0 fully saturated rings.